The molecular formula is C18H37N3. The van der Waals surface area contributed by atoms with Crippen LogP contribution >= 0.6 is 0 Å². The Morgan fingerprint density at radius 1 is 1.00 bits per heavy atom. The molecule has 0 bridgehead atoms. The van der Waals surface area contributed by atoms with E-state index in [4.69, 9.17) is 5.73 Å². The summed E-state index contributed by atoms with van der Waals surface area (Å²) in [5.41, 5.74) is 6.39. The molecule has 2 rings (SSSR count). The van der Waals surface area contributed by atoms with Crippen molar-refractivity contribution in [1.82, 2.24) is 9.80 Å². The van der Waals surface area contributed by atoms with E-state index in [9.17, 15) is 0 Å². The smallest absolute Gasteiger partial charge is 0.0304 e. The maximum Gasteiger partial charge on any atom is 0.0304 e. The molecule has 1 unspecified atom stereocenters. The zero-order valence-corrected chi connectivity index (χ0v) is 14.4. The first-order chi connectivity index (χ1) is 10.2. The minimum atomic E-state index is 0.232. The van der Waals surface area contributed by atoms with E-state index in [1.54, 1.807) is 0 Å². The molecule has 1 atom stereocenters. The molecule has 0 amide bonds. The van der Waals surface area contributed by atoms with E-state index in [2.05, 4.69) is 23.6 Å². The molecule has 2 fully saturated rings. The van der Waals surface area contributed by atoms with Gasteiger partial charge in [0.25, 0.3) is 0 Å². The molecule has 1 aliphatic carbocycles. The largest absolute Gasteiger partial charge is 0.329 e. The van der Waals surface area contributed by atoms with Gasteiger partial charge in [0.05, 0.1) is 0 Å². The van der Waals surface area contributed by atoms with Crippen LogP contribution in [0.4, 0.5) is 0 Å². The molecule has 0 aromatic heterocycles. The second kappa shape index (κ2) is 8.50. The Hall–Kier alpha value is -0.120. The average molecular weight is 296 g/mol. The van der Waals surface area contributed by atoms with Gasteiger partial charge in [-0.3, -0.25) is 9.80 Å². The van der Waals surface area contributed by atoms with Gasteiger partial charge in [-0.2, -0.15) is 0 Å². The van der Waals surface area contributed by atoms with Crippen LogP contribution in [0, 0.1) is 0 Å². The van der Waals surface area contributed by atoms with Gasteiger partial charge in [-0.15, -0.1) is 0 Å². The van der Waals surface area contributed by atoms with Crippen molar-refractivity contribution in [1.29, 1.82) is 0 Å². The van der Waals surface area contributed by atoms with Crippen LogP contribution in [0.1, 0.15) is 71.6 Å². The number of nitrogens with two attached hydrogens (primary N) is 1. The van der Waals surface area contributed by atoms with Gasteiger partial charge in [-0.1, -0.05) is 45.4 Å². The normalized spacial score (nSPS) is 25.3. The average Bonchev–Trinajstić information content (AvgIpc) is 3.06. The first-order valence-electron chi connectivity index (χ1n) is 9.39. The highest BCUT2D eigenvalue weighted by molar-refractivity contribution is 4.92. The van der Waals surface area contributed by atoms with Crippen molar-refractivity contribution in [3.05, 3.63) is 0 Å². The Morgan fingerprint density at radius 2 is 1.67 bits per heavy atom. The highest BCUT2D eigenvalue weighted by atomic mass is 15.3. The predicted molar refractivity (Wildman–Crippen MR) is 91.6 cm³/mol. The number of hydrogen-bond donors (Lipinski definition) is 1. The molecule has 1 heterocycles. The van der Waals surface area contributed by atoms with Gasteiger partial charge < -0.3 is 5.73 Å². The summed E-state index contributed by atoms with van der Waals surface area (Å²) in [5, 5.41) is 0. The van der Waals surface area contributed by atoms with E-state index in [1.807, 2.05) is 0 Å². The molecule has 0 spiro atoms. The van der Waals surface area contributed by atoms with Gasteiger partial charge in [0, 0.05) is 44.3 Å². The Labute approximate surface area is 132 Å². The maximum atomic E-state index is 6.15. The van der Waals surface area contributed by atoms with E-state index in [-0.39, 0.29) is 5.54 Å². The van der Waals surface area contributed by atoms with Crippen LogP contribution in [0.2, 0.25) is 0 Å². The van der Waals surface area contributed by atoms with Crippen LogP contribution in [-0.2, 0) is 0 Å². The quantitative estimate of drug-likeness (QED) is 0.698. The fraction of sp³-hybridized carbons (Fsp3) is 1.00. The topological polar surface area (TPSA) is 32.5 Å². The summed E-state index contributed by atoms with van der Waals surface area (Å²) in [7, 11) is 0. The molecule has 21 heavy (non-hydrogen) atoms. The van der Waals surface area contributed by atoms with Crippen molar-refractivity contribution in [3.63, 3.8) is 0 Å². The lowest BCUT2D eigenvalue weighted by molar-refractivity contribution is 0.0249. The Kier molecular flexibility index (Phi) is 6.97. The molecule has 2 aliphatic rings. The summed E-state index contributed by atoms with van der Waals surface area (Å²) in [6.45, 7) is 10.4. The Bertz CT molecular complexity index is 280. The SMILES string of the molecule is CCCCCCC(C)(CN)N1CCN(C2CCCC2)CC1. The van der Waals surface area contributed by atoms with Crippen LogP contribution in [0.5, 0.6) is 0 Å². The van der Waals surface area contributed by atoms with E-state index < -0.39 is 0 Å². The Morgan fingerprint density at radius 3 is 2.24 bits per heavy atom. The number of nitrogens with zero attached hydrogens (tertiary/aromatic N) is 2. The summed E-state index contributed by atoms with van der Waals surface area (Å²) in [5.74, 6) is 0. The molecule has 1 saturated heterocycles. The van der Waals surface area contributed by atoms with E-state index in [1.165, 1.54) is 84.0 Å². The number of piperazine rings is 1. The van der Waals surface area contributed by atoms with Crippen LogP contribution in [0.3, 0.4) is 0 Å². The van der Waals surface area contributed by atoms with Gasteiger partial charge in [0.2, 0.25) is 0 Å². The van der Waals surface area contributed by atoms with Crippen molar-refractivity contribution in [2.75, 3.05) is 32.7 Å². The first kappa shape index (κ1) is 17.2. The van der Waals surface area contributed by atoms with Gasteiger partial charge in [-0.25, -0.2) is 0 Å². The molecule has 2 N–H and O–H groups in total. The molecule has 0 aromatic carbocycles. The van der Waals surface area contributed by atoms with Crippen molar-refractivity contribution < 1.29 is 0 Å². The lowest BCUT2D eigenvalue weighted by Crippen LogP contribution is -2.59. The minimum Gasteiger partial charge on any atom is -0.329 e. The molecule has 3 heteroatoms. The van der Waals surface area contributed by atoms with Crippen molar-refractivity contribution in [2.24, 2.45) is 5.73 Å². The minimum absolute atomic E-state index is 0.232. The summed E-state index contributed by atoms with van der Waals surface area (Å²) >= 11 is 0. The zero-order valence-electron chi connectivity index (χ0n) is 14.4. The van der Waals surface area contributed by atoms with Crippen molar-refractivity contribution in [3.8, 4) is 0 Å². The molecule has 1 aliphatic heterocycles. The summed E-state index contributed by atoms with van der Waals surface area (Å²) in [6.07, 6.45) is 12.4. The monoisotopic (exact) mass is 295 g/mol. The fourth-order valence-corrected chi connectivity index (χ4v) is 4.22. The maximum absolute atomic E-state index is 6.15. The number of unbranched alkanes of at least 4 members (excludes halogenated alkanes) is 3. The second-order valence-electron chi connectivity index (χ2n) is 7.47. The number of hydrogen-bond acceptors (Lipinski definition) is 3. The molecular weight excluding hydrogens is 258 g/mol. The Balaban J connectivity index is 1.77. The van der Waals surface area contributed by atoms with Crippen LogP contribution in [-0.4, -0.2) is 54.1 Å². The molecule has 0 aromatic rings. The fourth-order valence-electron chi connectivity index (χ4n) is 4.22. The van der Waals surface area contributed by atoms with E-state index in [0.717, 1.165) is 12.6 Å². The van der Waals surface area contributed by atoms with Gasteiger partial charge >= 0.3 is 0 Å². The van der Waals surface area contributed by atoms with Gasteiger partial charge in [-0.05, 0) is 26.2 Å². The van der Waals surface area contributed by atoms with E-state index in [0.29, 0.717) is 0 Å². The van der Waals surface area contributed by atoms with E-state index >= 15 is 0 Å². The summed E-state index contributed by atoms with van der Waals surface area (Å²) in [6, 6.07) is 0.890. The zero-order chi connectivity index (χ0) is 15.1. The molecule has 124 valence electrons. The highest BCUT2D eigenvalue weighted by Crippen LogP contribution is 2.27. The van der Waals surface area contributed by atoms with Crippen molar-refractivity contribution in [2.45, 2.75) is 83.2 Å². The standard InChI is InChI=1S/C18H37N3/c1-3-4-5-8-11-18(2,16-19)21-14-12-20(13-15-21)17-9-6-7-10-17/h17H,3-16,19H2,1-2H3. The van der Waals surface area contributed by atoms with Crippen molar-refractivity contribution >= 4 is 0 Å². The summed E-state index contributed by atoms with van der Waals surface area (Å²) in [4.78, 5) is 5.43. The third kappa shape index (κ3) is 4.67. The van der Waals surface area contributed by atoms with Crippen LogP contribution in [0.15, 0.2) is 0 Å². The lowest BCUT2D eigenvalue weighted by Gasteiger charge is -2.47. The second-order valence-corrected chi connectivity index (χ2v) is 7.47. The highest BCUT2D eigenvalue weighted by Gasteiger charge is 2.34. The van der Waals surface area contributed by atoms with Crippen LogP contribution in [0.25, 0.3) is 0 Å². The molecule has 0 radical (unpaired) electrons. The third-order valence-corrected chi connectivity index (χ3v) is 5.93. The molecule has 3 nitrogen and oxygen atoms in total. The van der Waals surface area contributed by atoms with Crippen LogP contribution < -0.4 is 5.73 Å². The van der Waals surface area contributed by atoms with Gasteiger partial charge in [0.15, 0.2) is 0 Å². The molecule has 1 saturated carbocycles. The predicted octanol–water partition coefficient (Wildman–Crippen LogP) is 3.23. The first-order valence-corrected chi connectivity index (χ1v) is 9.39. The number of rotatable bonds is 8. The third-order valence-electron chi connectivity index (χ3n) is 5.93. The summed E-state index contributed by atoms with van der Waals surface area (Å²) < 4.78 is 0. The van der Waals surface area contributed by atoms with Gasteiger partial charge in [0.1, 0.15) is 0 Å². The lowest BCUT2D eigenvalue weighted by atomic mass is 9.91.